The minimum absolute atomic E-state index is 0.332. The molecule has 5 nitrogen and oxygen atoms in total. The van der Waals surface area contributed by atoms with Crippen LogP contribution in [0.4, 0.5) is 15.8 Å². The Morgan fingerprint density at radius 2 is 2.14 bits per heavy atom. The maximum atomic E-state index is 14.0. The predicted molar refractivity (Wildman–Crippen MR) is 89.3 cm³/mol. The molecule has 2 heterocycles. The van der Waals surface area contributed by atoms with Crippen LogP contribution < -0.4 is 5.32 Å². The minimum Gasteiger partial charge on any atom is -0.351 e. The lowest BCUT2D eigenvalue weighted by molar-refractivity contribution is 0.423. The number of halogens is 2. The summed E-state index contributed by atoms with van der Waals surface area (Å²) in [5, 5.41) is 6.90. The number of benzene rings is 1. The zero-order valence-corrected chi connectivity index (χ0v) is 13.8. The SMILES string of the molecule is CCc1noc(-c2ccncc2Nc2ccc(I)cc2F)n1. The van der Waals surface area contributed by atoms with Gasteiger partial charge in [0.25, 0.3) is 5.89 Å². The fraction of sp³-hybridized carbons (Fsp3) is 0.133. The number of nitrogens with one attached hydrogen (secondary N) is 1. The normalized spacial score (nSPS) is 10.7. The molecule has 1 aromatic carbocycles. The molecule has 112 valence electrons. The van der Waals surface area contributed by atoms with Gasteiger partial charge in [-0.3, -0.25) is 4.98 Å². The summed E-state index contributed by atoms with van der Waals surface area (Å²) < 4.78 is 20.1. The summed E-state index contributed by atoms with van der Waals surface area (Å²) in [5.74, 6) is 0.673. The molecule has 0 spiro atoms. The third-order valence-electron chi connectivity index (χ3n) is 3.04. The van der Waals surface area contributed by atoms with Crippen molar-refractivity contribution in [3.63, 3.8) is 0 Å². The van der Waals surface area contributed by atoms with Gasteiger partial charge in [0.2, 0.25) is 0 Å². The smallest absolute Gasteiger partial charge is 0.260 e. The molecule has 0 saturated carbocycles. The van der Waals surface area contributed by atoms with Crippen LogP contribution in [0.1, 0.15) is 12.7 Å². The van der Waals surface area contributed by atoms with Crippen LogP contribution in [-0.2, 0) is 6.42 Å². The van der Waals surface area contributed by atoms with E-state index in [2.05, 4.69) is 43.0 Å². The average Bonchev–Trinajstić information content (AvgIpc) is 2.99. The molecule has 0 saturated heterocycles. The van der Waals surface area contributed by atoms with Gasteiger partial charge in [0, 0.05) is 16.2 Å². The van der Waals surface area contributed by atoms with Crippen LogP contribution in [0.25, 0.3) is 11.5 Å². The zero-order valence-electron chi connectivity index (χ0n) is 11.7. The topological polar surface area (TPSA) is 63.8 Å². The number of hydrogen-bond donors (Lipinski definition) is 1. The molecule has 2 aromatic heterocycles. The molecule has 3 rings (SSSR count). The summed E-state index contributed by atoms with van der Waals surface area (Å²) in [6, 6.07) is 6.71. The van der Waals surface area contributed by atoms with Crippen molar-refractivity contribution in [3.05, 3.63) is 51.9 Å². The van der Waals surface area contributed by atoms with Gasteiger partial charge in [-0.25, -0.2) is 4.39 Å². The van der Waals surface area contributed by atoms with Crippen LogP contribution in [-0.4, -0.2) is 15.1 Å². The summed E-state index contributed by atoms with van der Waals surface area (Å²) >= 11 is 2.06. The molecule has 0 aliphatic carbocycles. The summed E-state index contributed by atoms with van der Waals surface area (Å²) in [6.45, 7) is 1.95. The van der Waals surface area contributed by atoms with Crippen LogP contribution in [0.2, 0.25) is 0 Å². The highest BCUT2D eigenvalue weighted by molar-refractivity contribution is 14.1. The van der Waals surface area contributed by atoms with Gasteiger partial charge in [0.15, 0.2) is 5.82 Å². The molecule has 1 N–H and O–H groups in total. The van der Waals surface area contributed by atoms with Crippen molar-refractivity contribution in [2.24, 2.45) is 0 Å². The van der Waals surface area contributed by atoms with Crippen LogP contribution in [0.15, 0.2) is 41.2 Å². The van der Waals surface area contributed by atoms with Crippen molar-refractivity contribution in [2.45, 2.75) is 13.3 Å². The Hall–Kier alpha value is -2.03. The molecular formula is C15H12FIN4O. The second kappa shape index (κ2) is 6.39. The van der Waals surface area contributed by atoms with Gasteiger partial charge >= 0.3 is 0 Å². The standard InChI is InChI=1S/C15H12FIN4O/c1-2-14-20-15(22-21-14)10-5-6-18-8-13(10)19-12-4-3-9(17)7-11(12)16/h3-8,19H,2H2,1H3. The lowest BCUT2D eigenvalue weighted by Crippen LogP contribution is -1.97. The van der Waals surface area contributed by atoms with Gasteiger partial charge in [-0.15, -0.1) is 0 Å². The van der Waals surface area contributed by atoms with E-state index in [9.17, 15) is 4.39 Å². The molecule has 0 unspecified atom stereocenters. The van der Waals surface area contributed by atoms with Crippen LogP contribution in [0.3, 0.4) is 0 Å². The summed E-state index contributed by atoms with van der Waals surface area (Å²) in [5.41, 5.74) is 1.65. The van der Waals surface area contributed by atoms with Gasteiger partial charge < -0.3 is 9.84 Å². The van der Waals surface area contributed by atoms with Crippen molar-refractivity contribution < 1.29 is 8.91 Å². The summed E-state index contributed by atoms with van der Waals surface area (Å²) in [7, 11) is 0. The molecule has 3 aromatic rings. The fourth-order valence-corrected chi connectivity index (χ4v) is 2.38. The van der Waals surface area contributed by atoms with Gasteiger partial charge in [-0.2, -0.15) is 4.98 Å². The van der Waals surface area contributed by atoms with Gasteiger partial charge in [-0.1, -0.05) is 12.1 Å². The number of aromatic nitrogens is 3. The lowest BCUT2D eigenvalue weighted by atomic mass is 10.2. The van der Waals surface area contributed by atoms with E-state index in [0.717, 1.165) is 3.57 Å². The molecule has 0 amide bonds. The Kier molecular flexibility index (Phi) is 4.32. The van der Waals surface area contributed by atoms with Crippen molar-refractivity contribution in [1.82, 2.24) is 15.1 Å². The molecule has 7 heteroatoms. The fourth-order valence-electron chi connectivity index (χ4n) is 1.92. The number of hydrogen-bond acceptors (Lipinski definition) is 5. The summed E-state index contributed by atoms with van der Waals surface area (Å²) in [4.78, 5) is 8.36. The molecular weight excluding hydrogens is 398 g/mol. The molecule has 0 aliphatic rings. The Morgan fingerprint density at radius 1 is 1.27 bits per heavy atom. The Balaban J connectivity index is 1.97. The number of anilines is 2. The Labute approximate surface area is 140 Å². The number of rotatable bonds is 4. The van der Waals surface area contributed by atoms with Crippen molar-refractivity contribution >= 4 is 34.0 Å². The van der Waals surface area contributed by atoms with E-state index >= 15 is 0 Å². The average molecular weight is 410 g/mol. The predicted octanol–water partition coefficient (Wildman–Crippen LogP) is 4.18. The third-order valence-corrected chi connectivity index (χ3v) is 3.71. The molecule has 22 heavy (non-hydrogen) atoms. The van der Waals surface area contributed by atoms with E-state index in [1.165, 1.54) is 6.07 Å². The first-order chi connectivity index (χ1) is 10.7. The van der Waals surface area contributed by atoms with E-state index in [1.807, 2.05) is 13.0 Å². The number of aryl methyl sites for hydroxylation is 1. The molecule has 0 fully saturated rings. The van der Waals surface area contributed by atoms with Gasteiger partial charge in [0.05, 0.1) is 23.1 Å². The first kappa shape index (κ1) is 14.9. The second-order valence-corrected chi connectivity index (χ2v) is 5.79. The second-order valence-electron chi connectivity index (χ2n) is 4.54. The van der Waals surface area contributed by atoms with Crippen molar-refractivity contribution in [3.8, 4) is 11.5 Å². The van der Waals surface area contributed by atoms with E-state index in [-0.39, 0.29) is 5.82 Å². The highest BCUT2D eigenvalue weighted by Gasteiger charge is 2.14. The zero-order chi connectivity index (χ0) is 15.5. The van der Waals surface area contributed by atoms with Gasteiger partial charge in [0.1, 0.15) is 5.82 Å². The number of pyridine rings is 1. The Morgan fingerprint density at radius 3 is 2.86 bits per heavy atom. The first-order valence-corrected chi connectivity index (χ1v) is 7.74. The molecule has 0 radical (unpaired) electrons. The largest absolute Gasteiger partial charge is 0.351 e. The molecule has 0 atom stereocenters. The van der Waals surface area contributed by atoms with Crippen LogP contribution >= 0.6 is 22.6 Å². The minimum atomic E-state index is -0.332. The maximum Gasteiger partial charge on any atom is 0.260 e. The van der Waals surface area contributed by atoms with E-state index in [4.69, 9.17) is 4.52 Å². The molecule has 0 aliphatic heterocycles. The van der Waals surface area contributed by atoms with Crippen LogP contribution in [0, 0.1) is 9.39 Å². The monoisotopic (exact) mass is 410 g/mol. The maximum absolute atomic E-state index is 14.0. The Bertz CT molecular complexity index is 806. The lowest BCUT2D eigenvalue weighted by Gasteiger charge is -2.10. The first-order valence-electron chi connectivity index (χ1n) is 6.66. The summed E-state index contributed by atoms with van der Waals surface area (Å²) in [6.07, 6.45) is 3.91. The van der Waals surface area contributed by atoms with Crippen LogP contribution in [0.5, 0.6) is 0 Å². The van der Waals surface area contributed by atoms with Gasteiger partial charge in [-0.05, 0) is 46.9 Å². The van der Waals surface area contributed by atoms with E-state index in [1.54, 1.807) is 24.5 Å². The highest BCUT2D eigenvalue weighted by Crippen LogP contribution is 2.29. The van der Waals surface area contributed by atoms with E-state index in [0.29, 0.717) is 35.1 Å². The quantitative estimate of drug-likeness (QED) is 0.654. The van der Waals surface area contributed by atoms with Crippen molar-refractivity contribution in [1.29, 1.82) is 0 Å². The highest BCUT2D eigenvalue weighted by atomic mass is 127. The van der Waals surface area contributed by atoms with Crippen molar-refractivity contribution in [2.75, 3.05) is 5.32 Å². The third kappa shape index (κ3) is 3.08. The number of nitrogens with zero attached hydrogens (tertiary/aromatic N) is 3. The molecule has 0 bridgehead atoms. The van der Waals surface area contributed by atoms with E-state index < -0.39 is 0 Å².